The van der Waals surface area contributed by atoms with Crippen LogP contribution in [0.4, 0.5) is 5.13 Å². The van der Waals surface area contributed by atoms with E-state index in [0.717, 1.165) is 22.6 Å². The molecule has 4 heterocycles. The predicted octanol–water partition coefficient (Wildman–Crippen LogP) is 3.96. The molecule has 4 rings (SSSR count). The van der Waals surface area contributed by atoms with Gasteiger partial charge in [0.05, 0.1) is 15.9 Å². The van der Waals surface area contributed by atoms with Gasteiger partial charge in [0.25, 0.3) is 10.0 Å². The Morgan fingerprint density at radius 3 is 2.76 bits per heavy atom. The van der Waals surface area contributed by atoms with Crippen LogP contribution in [-0.2, 0) is 14.8 Å². The summed E-state index contributed by atoms with van der Waals surface area (Å²) in [6, 6.07) is 6.76. The topological polar surface area (TPSA) is 92.3 Å². The number of hydrogen-bond donors (Lipinski definition) is 1. The molecule has 0 unspecified atom stereocenters. The van der Waals surface area contributed by atoms with Gasteiger partial charge in [-0.1, -0.05) is 11.6 Å². The standard InChI is InChI=1S/C18H17ClN4O3S3/c19-15-3-4-16(28-15)29(25,26)23-9-1-2-13(10-23)17(24)22-18-21-14(11-27-18)12-5-7-20-8-6-12/h3-8,11,13H,1-2,9-10H2,(H,21,22,24)/t13-/m0/s1. The van der Waals surface area contributed by atoms with Gasteiger partial charge in [-0.05, 0) is 37.1 Å². The number of nitrogens with one attached hydrogen (secondary N) is 1. The fraction of sp³-hybridized carbons (Fsp3) is 0.278. The van der Waals surface area contributed by atoms with Crippen molar-refractivity contribution in [3.05, 3.63) is 46.4 Å². The van der Waals surface area contributed by atoms with Gasteiger partial charge in [-0.2, -0.15) is 4.31 Å². The molecule has 1 N–H and O–H groups in total. The molecule has 152 valence electrons. The number of carbonyl (C=O) groups excluding carboxylic acids is 1. The minimum absolute atomic E-state index is 0.145. The summed E-state index contributed by atoms with van der Waals surface area (Å²) in [4.78, 5) is 21.2. The van der Waals surface area contributed by atoms with Crippen molar-refractivity contribution in [3.8, 4) is 11.3 Å². The molecule has 1 aliphatic heterocycles. The van der Waals surface area contributed by atoms with Crippen LogP contribution in [0.3, 0.4) is 0 Å². The number of anilines is 1. The first-order valence-corrected chi connectivity index (χ1v) is 12.4. The van der Waals surface area contributed by atoms with Crippen molar-refractivity contribution in [2.75, 3.05) is 18.4 Å². The Morgan fingerprint density at radius 1 is 1.24 bits per heavy atom. The number of piperidine rings is 1. The molecule has 0 bridgehead atoms. The molecule has 0 aromatic carbocycles. The Hall–Kier alpha value is -1.85. The lowest BCUT2D eigenvalue weighted by molar-refractivity contribution is -0.120. The molecule has 0 spiro atoms. The van der Waals surface area contributed by atoms with E-state index < -0.39 is 15.9 Å². The third-order valence-electron chi connectivity index (χ3n) is 4.61. The van der Waals surface area contributed by atoms with E-state index in [1.54, 1.807) is 18.5 Å². The highest BCUT2D eigenvalue weighted by atomic mass is 35.5. The van der Waals surface area contributed by atoms with Gasteiger partial charge in [0.15, 0.2) is 5.13 Å². The van der Waals surface area contributed by atoms with Crippen LogP contribution in [0.25, 0.3) is 11.3 Å². The Bertz CT molecular complexity index is 1110. The Balaban J connectivity index is 1.44. The maximum absolute atomic E-state index is 12.8. The zero-order valence-electron chi connectivity index (χ0n) is 15.1. The predicted molar refractivity (Wildman–Crippen MR) is 115 cm³/mol. The fourth-order valence-corrected chi connectivity index (χ4v) is 7.02. The third-order valence-corrected chi connectivity index (χ3v) is 8.93. The summed E-state index contributed by atoms with van der Waals surface area (Å²) in [7, 11) is -3.64. The van der Waals surface area contributed by atoms with Crippen LogP contribution < -0.4 is 5.32 Å². The normalized spacial score (nSPS) is 17.9. The lowest BCUT2D eigenvalue weighted by Crippen LogP contribution is -2.43. The first kappa shape index (κ1) is 20.4. The van der Waals surface area contributed by atoms with E-state index in [1.807, 2.05) is 17.5 Å². The molecule has 0 aliphatic carbocycles. The second-order valence-corrected chi connectivity index (χ2v) is 11.3. The van der Waals surface area contributed by atoms with Crippen molar-refractivity contribution in [2.45, 2.75) is 17.1 Å². The largest absolute Gasteiger partial charge is 0.302 e. The number of sulfonamides is 1. The summed E-state index contributed by atoms with van der Waals surface area (Å²) in [6.07, 6.45) is 4.62. The van der Waals surface area contributed by atoms with Crippen molar-refractivity contribution < 1.29 is 13.2 Å². The van der Waals surface area contributed by atoms with Crippen molar-refractivity contribution >= 4 is 55.3 Å². The van der Waals surface area contributed by atoms with Crippen LogP contribution in [0.15, 0.2) is 46.2 Å². The van der Waals surface area contributed by atoms with Crippen LogP contribution in [0.5, 0.6) is 0 Å². The van der Waals surface area contributed by atoms with Gasteiger partial charge in [0.1, 0.15) is 4.21 Å². The lowest BCUT2D eigenvalue weighted by atomic mass is 9.99. The molecule has 29 heavy (non-hydrogen) atoms. The molecule has 1 atom stereocenters. The average Bonchev–Trinajstić information content (AvgIpc) is 3.38. The molecular formula is C18H17ClN4O3S3. The van der Waals surface area contributed by atoms with Gasteiger partial charge in [0, 0.05) is 36.4 Å². The number of rotatable bonds is 5. The zero-order valence-corrected chi connectivity index (χ0v) is 18.3. The first-order chi connectivity index (χ1) is 13.9. The highest BCUT2D eigenvalue weighted by Gasteiger charge is 2.34. The highest BCUT2D eigenvalue weighted by Crippen LogP contribution is 2.31. The molecule has 1 aliphatic rings. The van der Waals surface area contributed by atoms with Gasteiger partial charge in [-0.25, -0.2) is 13.4 Å². The number of amides is 1. The van der Waals surface area contributed by atoms with E-state index in [1.165, 1.54) is 21.7 Å². The fourth-order valence-electron chi connectivity index (χ4n) is 3.13. The summed E-state index contributed by atoms with van der Waals surface area (Å²) >= 11 is 8.24. The molecule has 1 saturated heterocycles. The monoisotopic (exact) mass is 468 g/mol. The molecule has 0 saturated carbocycles. The number of hydrogen-bond acceptors (Lipinski definition) is 7. The van der Waals surface area contributed by atoms with E-state index in [2.05, 4.69) is 15.3 Å². The van der Waals surface area contributed by atoms with Gasteiger partial charge in [0.2, 0.25) is 5.91 Å². The van der Waals surface area contributed by atoms with Gasteiger partial charge in [-0.3, -0.25) is 9.78 Å². The summed E-state index contributed by atoms with van der Waals surface area (Å²) in [5.74, 6) is -0.646. The number of aromatic nitrogens is 2. The number of thiazole rings is 1. The van der Waals surface area contributed by atoms with E-state index >= 15 is 0 Å². The van der Waals surface area contributed by atoms with E-state index in [-0.39, 0.29) is 16.7 Å². The smallest absolute Gasteiger partial charge is 0.252 e. The van der Waals surface area contributed by atoms with E-state index in [4.69, 9.17) is 11.6 Å². The SMILES string of the molecule is O=C(Nc1nc(-c2ccncc2)cs1)[C@H]1CCCN(S(=O)(=O)c2ccc(Cl)s2)C1. The molecule has 7 nitrogen and oxygen atoms in total. The number of nitrogens with zero attached hydrogens (tertiary/aromatic N) is 3. The second-order valence-electron chi connectivity index (χ2n) is 6.52. The molecule has 11 heteroatoms. The van der Waals surface area contributed by atoms with Crippen molar-refractivity contribution in [3.63, 3.8) is 0 Å². The quantitative estimate of drug-likeness (QED) is 0.611. The summed E-state index contributed by atoms with van der Waals surface area (Å²) in [5.41, 5.74) is 1.68. The van der Waals surface area contributed by atoms with E-state index in [9.17, 15) is 13.2 Å². The summed E-state index contributed by atoms with van der Waals surface area (Å²) in [5, 5.41) is 5.19. The minimum Gasteiger partial charge on any atom is -0.302 e. The highest BCUT2D eigenvalue weighted by molar-refractivity contribution is 7.91. The average molecular weight is 469 g/mol. The van der Waals surface area contributed by atoms with Crippen molar-refractivity contribution in [1.82, 2.24) is 14.3 Å². The lowest BCUT2D eigenvalue weighted by Gasteiger charge is -2.30. The van der Waals surface area contributed by atoms with Crippen LogP contribution in [0, 0.1) is 5.92 Å². The Labute approximate surface area is 181 Å². The Morgan fingerprint density at radius 2 is 2.03 bits per heavy atom. The molecule has 1 amide bonds. The number of carbonyl (C=O) groups is 1. The summed E-state index contributed by atoms with van der Waals surface area (Å²) in [6.45, 7) is 0.539. The number of pyridine rings is 1. The maximum Gasteiger partial charge on any atom is 0.252 e. The third kappa shape index (κ3) is 4.51. The molecule has 1 fully saturated rings. The van der Waals surface area contributed by atoms with Crippen LogP contribution >= 0.6 is 34.3 Å². The Kier molecular flexibility index (Phi) is 5.98. The second kappa shape index (κ2) is 8.49. The van der Waals surface area contributed by atoms with Crippen LogP contribution in [-0.4, -0.2) is 41.7 Å². The molecule has 3 aromatic rings. The van der Waals surface area contributed by atoms with Gasteiger partial charge >= 0.3 is 0 Å². The zero-order chi connectivity index (χ0) is 20.4. The van der Waals surface area contributed by atoms with Crippen molar-refractivity contribution in [1.29, 1.82) is 0 Å². The number of thiophene rings is 1. The first-order valence-electron chi connectivity index (χ1n) is 8.86. The van der Waals surface area contributed by atoms with Crippen LogP contribution in [0.2, 0.25) is 4.34 Å². The van der Waals surface area contributed by atoms with Gasteiger partial charge < -0.3 is 5.32 Å². The van der Waals surface area contributed by atoms with Gasteiger partial charge in [-0.15, -0.1) is 22.7 Å². The number of halogens is 1. The molecule has 0 radical (unpaired) electrons. The molecular weight excluding hydrogens is 452 g/mol. The van der Waals surface area contributed by atoms with E-state index in [0.29, 0.717) is 28.9 Å². The van der Waals surface area contributed by atoms with Crippen LogP contribution in [0.1, 0.15) is 12.8 Å². The maximum atomic E-state index is 12.8. The minimum atomic E-state index is -3.64. The van der Waals surface area contributed by atoms with Crippen molar-refractivity contribution in [2.24, 2.45) is 5.92 Å². The summed E-state index contributed by atoms with van der Waals surface area (Å²) < 4.78 is 27.6. The molecule has 3 aromatic heterocycles.